The molecule has 34 heavy (non-hydrogen) atoms. The molecule has 0 bridgehead atoms. The van der Waals surface area contributed by atoms with E-state index in [2.05, 4.69) is 20.3 Å². The SMILES string of the molecule is Cc1nc(N2CCOCC2)[nH]c(=O)c1CCC(=O)Nc1ccc(-c2cn3ccccc3n2)cc1. The maximum absolute atomic E-state index is 12.6. The molecule has 0 aliphatic carbocycles. The van der Waals surface area contributed by atoms with Crippen LogP contribution >= 0.6 is 0 Å². The molecule has 174 valence electrons. The molecule has 0 spiro atoms. The van der Waals surface area contributed by atoms with Crippen LogP contribution < -0.4 is 15.8 Å². The lowest BCUT2D eigenvalue weighted by atomic mass is 10.1. The summed E-state index contributed by atoms with van der Waals surface area (Å²) in [4.78, 5) is 39.2. The molecule has 9 heteroatoms. The molecule has 2 N–H and O–H groups in total. The van der Waals surface area contributed by atoms with E-state index >= 15 is 0 Å². The Morgan fingerprint density at radius 2 is 1.91 bits per heavy atom. The van der Waals surface area contributed by atoms with Gasteiger partial charge in [-0.2, -0.15) is 0 Å². The molecule has 4 heterocycles. The number of carbonyl (C=O) groups excluding carboxylic acids is 1. The highest BCUT2D eigenvalue weighted by Gasteiger charge is 2.17. The summed E-state index contributed by atoms with van der Waals surface area (Å²) in [5.74, 6) is 0.404. The van der Waals surface area contributed by atoms with Gasteiger partial charge in [0.1, 0.15) is 5.65 Å². The molecular weight excluding hydrogens is 432 g/mol. The summed E-state index contributed by atoms with van der Waals surface area (Å²) in [5, 5.41) is 2.90. The number of morpholine rings is 1. The maximum atomic E-state index is 12.6. The largest absolute Gasteiger partial charge is 0.378 e. The Morgan fingerprint density at radius 3 is 2.65 bits per heavy atom. The van der Waals surface area contributed by atoms with Crippen molar-refractivity contribution in [3.05, 3.63) is 76.5 Å². The predicted molar refractivity (Wildman–Crippen MR) is 130 cm³/mol. The molecule has 1 amide bonds. The number of fused-ring (bicyclic) bond motifs is 1. The van der Waals surface area contributed by atoms with E-state index in [0.717, 1.165) is 16.9 Å². The van der Waals surface area contributed by atoms with Gasteiger partial charge in [-0.05, 0) is 37.6 Å². The number of nitrogens with one attached hydrogen (secondary N) is 2. The van der Waals surface area contributed by atoms with Crippen molar-refractivity contribution in [2.45, 2.75) is 19.8 Å². The lowest BCUT2D eigenvalue weighted by Crippen LogP contribution is -2.38. The zero-order valence-corrected chi connectivity index (χ0v) is 19.0. The second-order valence-electron chi connectivity index (χ2n) is 8.27. The molecule has 1 aliphatic rings. The standard InChI is InChI=1S/C25H26N6O3/c1-17-20(24(33)29-25(26-17)30-12-14-34-15-13-30)9-10-23(32)27-19-7-5-18(6-8-19)21-16-31-11-3-2-4-22(31)28-21/h2-8,11,16H,9-10,12-15H2,1H3,(H,27,32)(H,26,29,33). The fraction of sp³-hybridized carbons (Fsp3) is 0.280. The van der Waals surface area contributed by atoms with Crippen LogP contribution in [0.4, 0.5) is 11.6 Å². The van der Waals surface area contributed by atoms with Crippen LogP contribution in [0.5, 0.6) is 0 Å². The number of aromatic amines is 1. The number of pyridine rings is 1. The number of aryl methyl sites for hydroxylation is 1. The first-order chi connectivity index (χ1) is 16.6. The lowest BCUT2D eigenvalue weighted by Gasteiger charge is -2.27. The molecule has 0 unspecified atom stereocenters. The number of ether oxygens (including phenoxy) is 1. The third-order valence-corrected chi connectivity index (χ3v) is 5.95. The first kappa shape index (κ1) is 21.8. The van der Waals surface area contributed by atoms with Gasteiger partial charge in [0.25, 0.3) is 5.56 Å². The van der Waals surface area contributed by atoms with Crippen molar-refractivity contribution < 1.29 is 9.53 Å². The maximum Gasteiger partial charge on any atom is 0.255 e. The van der Waals surface area contributed by atoms with E-state index in [4.69, 9.17) is 4.74 Å². The molecule has 0 saturated carbocycles. The number of benzene rings is 1. The van der Waals surface area contributed by atoms with E-state index in [-0.39, 0.29) is 17.9 Å². The van der Waals surface area contributed by atoms with Gasteiger partial charge in [0.15, 0.2) is 0 Å². The highest BCUT2D eigenvalue weighted by atomic mass is 16.5. The molecule has 3 aromatic heterocycles. The monoisotopic (exact) mass is 458 g/mol. The molecular formula is C25H26N6O3. The number of imidazole rings is 1. The Kier molecular flexibility index (Phi) is 6.09. The van der Waals surface area contributed by atoms with E-state index in [0.29, 0.717) is 55.6 Å². The molecule has 0 atom stereocenters. The van der Waals surface area contributed by atoms with Gasteiger partial charge in [-0.1, -0.05) is 18.2 Å². The highest BCUT2D eigenvalue weighted by Crippen LogP contribution is 2.21. The number of nitrogens with zero attached hydrogens (tertiary/aromatic N) is 4. The van der Waals surface area contributed by atoms with Crippen LogP contribution in [-0.2, 0) is 16.0 Å². The number of amides is 1. The minimum absolute atomic E-state index is 0.156. The average molecular weight is 459 g/mol. The van der Waals surface area contributed by atoms with Crippen molar-refractivity contribution in [2.24, 2.45) is 0 Å². The minimum atomic E-state index is -0.196. The summed E-state index contributed by atoms with van der Waals surface area (Å²) in [7, 11) is 0. The Morgan fingerprint density at radius 1 is 1.12 bits per heavy atom. The number of rotatable bonds is 6. The second kappa shape index (κ2) is 9.48. The van der Waals surface area contributed by atoms with E-state index in [1.54, 1.807) is 0 Å². The van der Waals surface area contributed by atoms with E-state index in [9.17, 15) is 9.59 Å². The fourth-order valence-corrected chi connectivity index (χ4v) is 4.08. The zero-order chi connectivity index (χ0) is 23.5. The summed E-state index contributed by atoms with van der Waals surface area (Å²) in [5.41, 5.74) is 4.40. The number of H-pyrrole nitrogens is 1. The van der Waals surface area contributed by atoms with Gasteiger partial charge in [0.05, 0.1) is 18.9 Å². The third-order valence-electron chi connectivity index (χ3n) is 5.95. The van der Waals surface area contributed by atoms with Gasteiger partial charge in [-0.25, -0.2) is 9.97 Å². The highest BCUT2D eigenvalue weighted by molar-refractivity contribution is 5.91. The number of carbonyl (C=O) groups is 1. The van der Waals surface area contributed by atoms with Crippen molar-refractivity contribution in [1.82, 2.24) is 19.4 Å². The number of hydrogen-bond donors (Lipinski definition) is 2. The van der Waals surface area contributed by atoms with Gasteiger partial charge in [-0.15, -0.1) is 0 Å². The zero-order valence-electron chi connectivity index (χ0n) is 19.0. The summed E-state index contributed by atoms with van der Waals surface area (Å²) < 4.78 is 7.32. The Balaban J connectivity index is 1.20. The molecule has 5 rings (SSSR count). The Hall–Kier alpha value is -3.98. The van der Waals surface area contributed by atoms with Crippen LogP contribution in [0.3, 0.4) is 0 Å². The second-order valence-corrected chi connectivity index (χ2v) is 8.27. The minimum Gasteiger partial charge on any atom is -0.378 e. The number of hydrogen-bond acceptors (Lipinski definition) is 6. The summed E-state index contributed by atoms with van der Waals surface area (Å²) in [6.07, 6.45) is 4.44. The van der Waals surface area contributed by atoms with Crippen LogP contribution in [0.2, 0.25) is 0 Å². The van der Waals surface area contributed by atoms with Crippen LogP contribution in [0, 0.1) is 6.92 Å². The predicted octanol–water partition coefficient (Wildman–Crippen LogP) is 2.80. The molecule has 0 radical (unpaired) electrons. The lowest BCUT2D eigenvalue weighted by molar-refractivity contribution is -0.116. The van der Waals surface area contributed by atoms with Gasteiger partial charge in [0, 0.05) is 54.4 Å². The van der Waals surface area contributed by atoms with Crippen molar-refractivity contribution in [1.29, 1.82) is 0 Å². The number of aromatic nitrogens is 4. The van der Waals surface area contributed by atoms with Gasteiger partial charge in [0.2, 0.25) is 11.9 Å². The summed E-state index contributed by atoms with van der Waals surface area (Å²) in [6, 6.07) is 13.4. The molecule has 4 aromatic rings. The van der Waals surface area contributed by atoms with Crippen molar-refractivity contribution in [3.8, 4) is 11.3 Å². The molecule has 1 saturated heterocycles. The van der Waals surface area contributed by atoms with Crippen LogP contribution in [0.25, 0.3) is 16.9 Å². The average Bonchev–Trinajstić information content (AvgIpc) is 3.29. The fourth-order valence-electron chi connectivity index (χ4n) is 4.08. The number of anilines is 2. The van der Waals surface area contributed by atoms with Gasteiger partial charge in [-0.3, -0.25) is 14.6 Å². The van der Waals surface area contributed by atoms with Crippen LogP contribution in [-0.4, -0.2) is 51.6 Å². The molecule has 1 aliphatic heterocycles. The third kappa shape index (κ3) is 4.69. The first-order valence-corrected chi connectivity index (χ1v) is 11.3. The smallest absolute Gasteiger partial charge is 0.255 e. The van der Waals surface area contributed by atoms with Gasteiger partial charge >= 0.3 is 0 Å². The van der Waals surface area contributed by atoms with Crippen molar-refractivity contribution in [2.75, 3.05) is 36.5 Å². The quantitative estimate of drug-likeness (QED) is 0.460. The van der Waals surface area contributed by atoms with Crippen molar-refractivity contribution >= 4 is 23.2 Å². The molecule has 1 aromatic carbocycles. The topological polar surface area (TPSA) is 105 Å². The van der Waals surface area contributed by atoms with E-state index in [1.807, 2.05) is 71.1 Å². The normalized spacial score (nSPS) is 13.9. The molecule has 9 nitrogen and oxygen atoms in total. The van der Waals surface area contributed by atoms with Gasteiger partial charge < -0.3 is 19.4 Å². The van der Waals surface area contributed by atoms with Crippen molar-refractivity contribution in [3.63, 3.8) is 0 Å². The van der Waals surface area contributed by atoms with Crippen LogP contribution in [0.1, 0.15) is 17.7 Å². The Bertz CT molecular complexity index is 1340. The summed E-state index contributed by atoms with van der Waals surface area (Å²) in [6.45, 7) is 4.43. The van der Waals surface area contributed by atoms with E-state index in [1.165, 1.54) is 0 Å². The van der Waals surface area contributed by atoms with E-state index < -0.39 is 0 Å². The summed E-state index contributed by atoms with van der Waals surface area (Å²) >= 11 is 0. The molecule has 1 fully saturated rings. The van der Waals surface area contributed by atoms with Crippen LogP contribution in [0.15, 0.2) is 59.7 Å². The first-order valence-electron chi connectivity index (χ1n) is 11.3. The Labute approximate surface area is 196 Å².